The molecular weight excluding hydrogens is 277 g/mol. The quantitative estimate of drug-likeness (QED) is 0.781. The highest BCUT2D eigenvalue weighted by atomic mass is 19.4. The summed E-state index contributed by atoms with van der Waals surface area (Å²) in [5.41, 5.74) is -0.285. The zero-order chi connectivity index (χ0) is 15.1. The minimum atomic E-state index is -4.92. The van der Waals surface area contributed by atoms with E-state index in [4.69, 9.17) is 0 Å². The van der Waals surface area contributed by atoms with Crippen molar-refractivity contribution in [2.24, 2.45) is 7.05 Å². The van der Waals surface area contributed by atoms with Gasteiger partial charge in [-0.05, 0) is 19.1 Å². The Morgan fingerprint density at radius 3 is 2.40 bits per heavy atom. The Hall–Kier alpha value is -2.26. The maximum atomic E-state index is 12.5. The van der Waals surface area contributed by atoms with Crippen LogP contribution in [-0.2, 0) is 13.6 Å². The Kier molecular flexibility index (Phi) is 3.32. The second-order valence-corrected chi connectivity index (χ2v) is 4.23. The fourth-order valence-corrected chi connectivity index (χ4v) is 1.84. The smallest absolute Gasteiger partial charge is 0.284 e. The standard InChI is InChI=1S/C10H11F3N6O/c1-5-8(9(20)10(11,12)13)6(2)19(15-5)4-7-14-17-18(3)16-7/h4H2,1-3H3. The molecule has 0 N–H and O–H groups in total. The highest BCUT2D eigenvalue weighted by molar-refractivity contribution is 6.02. The van der Waals surface area contributed by atoms with Crippen molar-refractivity contribution in [2.75, 3.05) is 0 Å². The van der Waals surface area contributed by atoms with Gasteiger partial charge in [0.05, 0.1) is 18.3 Å². The van der Waals surface area contributed by atoms with E-state index in [0.717, 1.165) is 0 Å². The monoisotopic (exact) mass is 288 g/mol. The molecule has 0 saturated carbocycles. The SMILES string of the molecule is Cc1nn(Cc2nnn(C)n2)c(C)c1C(=O)C(F)(F)F. The fourth-order valence-electron chi connectivity index (χ4n) is 1.84. The van der Waals surface area contributed by atoms with Crippen LogP contribution in [0.15, 0.2) is 0 Å². The molecule has 7 nitrogen and oxygen atoms in total. The summed E-state index contributed by atoms with van der Waals surface area (Å²) in [6, 6.07) is 0. The number of hydrogen-bond donors (Lipinski definition) is 0. The number of hydrogen-bond acceptors (Lipinski definition) is 5. The molecule has 0 aliphatic rings. The molecule has 0 aromatic carbocycles. The van der Waals surface area contributed by atoms with Crippen molar-refractivity contribution < 1.29 is 18.0 Å². The molecule has 2 aromatic heterocycles. The molecule has 2 rings (SSSR count). The summed E-state index contributed by atoms with van der Waals surface area (Å²) < 4.78 is 38.8. The molecule has 0 atom stereocenters. The van der Waals surface area contributed by atoms with E-state index in [2.05, 4.69) is 20.5 Å². The Morgan fingerprint density at radius 1 is 1.25 bits per heavy atom. The third-order valence-corrected chi connectivity index (χ3v) is 2.71. The number of rotatable bonds is 3. The second kappa shape index (κ2) is 4.69. The normalized spacial score (nSPS) is 11.9. The molecule has 10 heteroatoms. The first-order valence-electron chi connectivity index (χ1n) is 5.58. The van der Waals surface area contributed by atoms with Gasteiger partial charge >= 0.3 is 6.18 Å². The maximum Gasteiger partial charge on any atom is 0.455 e. The first-order chi connectivity index (χ1) is 9.20. The summed E-state index contributed by atoms with van der Waals surface area (Å²) in [6.45, 7) is 2.80. The topological polar surface area (TPSA) is 78.5 Å². The second-order valence-electron chi connectivity index (χ2n) is 4.23. The summed E-state index contributed by atoms with van der Waals surface area (Å²) in [4.78, 5) is 12.6. The lowest BCUT2D eigenvalue weighted by molar-refractivity contribution is -0.0886. The molecule has 0 aliphatic heterocycles. The number of carbonyl (C=O) groups is 1. The number of aryl methyl sites for hydroxylation is 2. The van der Waals surface area contributed by atoms with E-state index in [9.17, 15) is 18.0 Å². The van der Waals surface area contributed by atoms with Crippen LogP contribution < -0.4 is 0 Å². The predicted octanol–water partition coefficient (Wildman–Crippen LogP) is 0.817. The number of halogens is 3. The lowest BCUT2D eigenvalue weighted by atomic mass is 10.1. The highest BCUT2D eigenvalue weighted by Gasteiger charge is 2.42. The first kappa shape index (κ1) is 14.2. The van der Waals surface area contributed by atoms with Crippen LogP contribution in [0.25, 0.3) is 0 Å². The van der Waals surface area contributed by atoms with Crippen molar-refractivity contribution >= 4 is 5.78 Å². The van der Waals surface area contributed by atoms with E-state index in [1.165, 1.54) is 23.3 Å². The molecule has 0 fully saturated rings. The van der Waals surface area contributed by atoms with Gasteiger partial charge in [0.15, 0.2) is 5.82 Å². The molecule has 0 aliphatic carbocycles. The molecule has 2 heterocycles. The van der Waals surface area contributed by atoms with Crippen LogP contribution in [-0.4, -0.2) is 41.9 Å². The van der Waals surface area contributed by atoms with Crippen molar-refractivity contribution in [3.05, 3.63) is 22.8 Å². The molecule has 20 heavy (non-hydrogen) atoms. The summed E-state index contributed by atoms with van der Waals surface area (Å²) in [7, 11) is 1.57. The van der Waals surface area contributed by atoms with Gasteiger partial charge in [0.2, 0.25) is 0 Å². The highest BCUT2D eigenvalue weighted by Crippen LogP contribution is 2.25. The Bertz CT molecular complexity index is 656. The van der Waals surface area contributed by atoms with Crippen LogP contribution in [0, 0.1) is 13.8 Å². The zero-order valence-electron chi connectivity index (χ0n) is 10.9. The lowest BCUT2D eigenvalue weighted by Gasteiger charge is -2.05. The number of carbonyl (C=O) groups excluding carboxylic acids is 1. The number of tetrazole rings is 1. The van der Waals surface area contributed by atoms with Crippen molar-refractivity contribution in [1.82, 2.24) is 30.0 Å². The van der Waals surface area contributed by atoms with E-state index < -0.39 is 17.5 Å². The van der Waals surface area contributed by atoms with Gasteiger partial charge in [-0.2, -0.15) is 23.1 Å². The van der Waals surface area contributed by atoms with Gasteiger partial charge in [-0.1, -0.05) is 0 Å². The number of alkyl halides is 3. The van der Waals surface area contributed by atoms with Crippen LogP contribution in [0.1, 0.15) is 27.6 Å². The Labute approximate surface area is 111 Å². The molecule has 2 aromatic rings. The fraction of sp³-hybridized carbons (Fsp3) is 0.500. The van der Waals surface area contributed by atoms with E-state index in [0.29, 0.717) is 5.82 Å². The molecular formula is C10H11F3N6O. The number of nitrogens with zero attached hydrogens (tertiary/aromatic N) is 6. The maximum absolute atomic E-state index is 12.5. The van der Waals surface area contributed by atoms with Crippen LogP contribution in [0.3, 0.4) is 0 Å². The van der Waals surface area contributed by atoms with E-state index >= 15 is 0 Å². The molecule has 0 saturated heterocycles. The lowest BCUT2D eigenvalue weighted by Crippen LogP contribution is -2.24. The first-order valence-corrected chi connectivity index (χ1v) is 5.58. The molecule has 0 bridgehead atoms. The Morgan fingerprint density at radius 2 is 1.90 bits per heavy atom. The number of Topliss-reactive ketones (excluding diaryl/α,β-unsaturated/α-hetero) is 1. The largest absolute Gasteiger partial charge is 0.455 e. The van der Waals surface area contributed by atoms with Gasteiger partial charge in [-0.25, -0.2) is 0 Å². The average molecular weight is 288 g/mol. The third kappa shape index (κ3) is 2.53. The summed E-state index contributed by atoms with van der Waals surface area (Å²) in [5.74, 6) is -1.60. The molecule has 0 radical (unpaired) electrons. The summed E-state index contributed by atoms with van der Waals surface area (Å²) in [5, 5.41) is 15.2. The molecule has 0 spiro atoms. The van der Waals surface area contributed by atoms with Crippen molar-refractivity contribution in [2.45, 2.75) is 26.6 Å². The molecule has 0 amide bonds. The molecule has 108 valence electrons. The average Bonchev–Trinajstić information content (AvgIpc) is 2.83. The van der Waals surface area contributed by atoms with Gasteiger partial charge in [-0.15, -0.1) is 10.2 Å². The zero-order valence-corrected chi connectivity index (χ0v) is 10.9. The Balaban J connectivity index is 2.36. The van der Waals surface area contributed by atoms with Crippen LogP contribution in [0.5, 0.6) is 0 Å². The summed E-state index contributed by atoms with van der Waals surface area (Å²) in [6.07, 6.45) is -4.92. The van der Waals surface area contributed by atoms with E-state index in [-0.39, 0.29) is 17.9 Å². The van der Waals surface area contributed by atoms with Gasteiger partial charge < -0.3 is 0 Å². The van der Waals surface area contributed by atoms with Gasteiger partial charge in [0, 0.05) is 5.69 Å². The number of aromatic nitrogens is 6. The van der Waals surface area contributed by atoms with Crippen molar-refractivity contribution in [3.8, 4) is 0 Å². The van der Waals surface area contributed by atoms with Gasteiger partial charge in [0.25, 0.3) is 5.78 Å². The minimum absolute atomic E-state index is 0.0220. The van der Waals surface area contributed by atoms with Crippen LogP contribution >= 0.6 is 0 Å². The predicted molar refractivity (Wildman–Crippen MR) is 60.0 cm³/mol. The van der Waals surface area contributed by atoms with Gasteiger partial charge in [0.1, 0.15) is 6.54 Å². The molecule has 0 unspecified atom stereocenters. The van der Waals surface area contributed by atoms with Crippen molar-refractivity contribution in [1.29, 1.82) is 0 Å². The van der Waals surface area contributed by atoms with E-state index in [1.807, 2.05) is 0 Å². The van der Waals surface area contributed by atoms with E-state index in [1.54, 1.807) is 7.05 Å². The van der Waals surface area contributed by atoms with Gasteiger partial charge in [-0.3, -0.25) is 9.48 Å². The van der Waals surface area contributed by atoms with Crippen LogP contribution in [0.2, 0.25) is 0 Å². The van der Waals surface area contributed by atoms with Crippen LogP contribution in [0.4, 0.5) is 13.2 Å². The summed E-state index contributed by atoms with van der Waals surface area (Å²) >= 11 is 0. The third-order valence-electron chi connectivity index (χ3n) is 2.71. The minimum Gasteiger partial charge on any atom is -0.284 e. The van der Waals surface area contributed by atoms with Crippen molar-refractivity contribution in [3.63, 3.8) is 0 Å². The number of ketones is 1.